The molecule has 2 amide bonds. The summed E-state index contributed by atoms with van der Waals surface area (Å²) in [7, 11) is 0. The summed E-state index contributed by atoms with van der Waals surface area (Å²) in [5.74, 6) is -0.303. The van der Waals surface area contributed by atoms with Crippen molar-refractivity contribution in [3.8, 4) is 5.75 Å². The molecule has 3 aromatic rings. The lowest BCUT2D eigenvalue weighted by Gasteiger charge is -2.17. The van der Waals surface area contributed by atoms with Crippen LogP contribution < -0.4 is 15.6 Å². The zero-order valence-corrected chi connectivity index (χ0v) is 15.4. The molecule has 0 fully saturated rings. The number of pyridine rings is 1. The van der Waals surface area contributed by atoms with Gasteiger partial charge in [-0.2, -0.15) is 0 Å². The Balaban J connectivity index is 1.64. The van der Waals surface area contributed by atoms with Crippen molar-refractivity contribution in [2.24, 2.45) is 0 Å². The minimum Gasteiger partial charge on any atom is -0.481 e. The van der Waals surface area contributed by atoms with E-state index in [0.717, 1.165) is 16.5 Å². The van der Waals surface area contributed by atoms with Gasteiger partial charge in [0.25, 0.3) is 11.8 Å². The number of carbonyl (C=O) groups excluding carboxylic acids is 2. The van der Waals surface area contributed by atoms with Crippen LogP contribution in [0.5, 0.6) is 5.75 Å². The molecule has 2 N–H and O–H groups in total. The number of carbonyl (C=O) groups is 2. The van der Waals surface area contributed by atoms with E-state index in [-0.39, 0.29) is 5.69 Å². The van der Waals surface area contributed by atoms with Crippen LogP contribution in [0.4, 0.5) is 0 Å². The molecule has 0 aliphatic rings. The van der Waals surface area contributed by atoms with Crippen LogP contribution in [0.25, 0.3) is 10.8 Å². The molecule has 6 nitrogen and oxygen atoms in total. The van der Waals surface area contributed by atoms with Crippen LogP contribution in [-0.2, 0) is 4.79 Å². The van der Waals surface area contributed by atoms with Crippen LogP contribution in [0.2, 0.25) is 0 Å². The Morgan fingerprint density at radius 2 is 1.78 bits per heavy atom. The molecule has 0 bridgehead atoms. The molecule has 0 aliphatic carbocycles. The number of hydrogen-bond donors (Lipinski definition) is 2. The Hall–Kier alpha value is -3.41. The molecule has 0 saturated heterocycles. The minimum atomic E-state index is -0.772. The summed E-state index contributed by atoms with van der Waals surface area (Å²) in [5, 5.41) is 1.61. The van der Waals surface area contributed by atoms with E-state index in [1.54, 1.807) is 13.1 Å². The fourth-order valence-electron chi connectivity index (χ4n) is 2.68. The molecule has 0 saturated carbocycles. The van der Waals surface area contributed by atoms with Crippen molar-refractivity contribution in [3.63, 3.8) is 0 Å². The van der Waals surface area contributed by atoms with Crippen molar-refractivity contribution in [3.05, 3.63) is 71.5 Å². The molecule has 138 valence electrons. The van der Waals surface area contributed by atoms with Gasteiger partial charge >= 0.3 is 0 Å². The average Bonchev–Trinajstić information content (AvgIpc) is 2.68. The van der Waals surface area contributed by atoms with E-state index in [1.807, 2.05) is 62.4 Å². The van der Waals surface area contributed by atoms with Crippen LogP contribution in [0.1, 0.15) is 28.5 Å². The van der Waals surface area contributed by atoms with Crippen LogP contribution in [0.15, 0.2) is 54.7 Å². The number of ether oxygens (including phenoxy) is 1. The van der Waals surface area contributed by atoms with Crippen LogP contribution >= 0.6 is 0 Å². The quantitative estimate of drug-likeness (QED) is 0.698. The third-order valence-electron chi connectivity index (χ3n) is 4.42. The Morgan fingerprint density at radius 1 is 1.00 bits per heavy atom. The number of nitrogens with zero attached hydrogens (tertiary/aromatic N) is 1. The van der Waals surface area contributed by atoms with Crippen LogP contribution in [-0.4, -0.2) is 22.9 Å². The Labute approximate surface area is 157 Å². The number of aryl methyl sites for hydroxylation is 1. The van der Waals surface area contributed by atoms with E-state index < -0.39 is 17.9 Å². The number of fused-ring (bicyclic) bond motifs is 1. The minimum absolute atomic E-state index is 0.247. The van der Waals surface area contributed by atoms with Gasteiger partial charge in [-0.1, -0.05) is 36.4 Å². The third kappa shape index (κ3) is 4.06. The maximum atomic E-state index is 12.4. The third-order valence-corrected chi connectivity index (χ3v) is 4.42. The van der Waals surface area contributed by atoms with Gasteiger partial charge in [0.05, 0.1) is 0 Å². The SMILES string of the molecule is Cc1cccc(OC(C)C(=O)NNC(=O)c2nccc3ccccc23)c1C. The van der Waals surface area contributed by atoms with E-state index in [1.165, 1.54) is 0 Å². The Kier molecular flexibility index (Phi) is 5.35. The normalized spacial score (nSPS) is 11.7. The summed E-state index contributed by atoms with van der Waals surface area (Å²) in [6.07, 6.45) is 0.789. The van der Waals surface area contributed by atoms with Crippen molar-refractivity contribution in [2.75, 3.05) is 0 Å². The number of hydrogen-bond acceptors (Lipinski definition) is 4. The molecule has 27 heavy (non-hydrogen) atoms. The van der Waals surface area contributed by atoms with Crippen molar-refractivity contribution >= 4 is 22.6 Å². The lowest BCUT2D eigenvalue weighted by molar-refractivity contribution is -0.128. The standard InChI is InChI=1S/C21H21N3O3/c1-13-7-6-10-18(14(13)2)27-15(3)20(25)23-24-21(26)19-17-9-5-4-8-16(17)11-12-22-19/h4-12,15H,1-3H3,(H,23,25)(H,24,26). The van der Waals surface area contributed by atoms with Crippen molar-refractivity contribution in [1.82, 2.24) is 15.8 Å². The summed E-state index contributed by atoms with van der Waals surface area (Å²) in [4.78, 5) is 28.8. The highest BCUT2D eigenvalue weighted by Gasteiger charge is 2.18. The summed E-state index contributed by atoms with van der Waals surface area (Å²) >= 11 is 0. The van der Waals surface area contributed by atoms with E-state index in [0.29, 0.717) is 11.1 Å². The molecule has 2 aromatic carbocycles. The van der Waals surface area contributed by atoms with E-state index >= 15 is 0 Å². The number of rotatable bonds is 4. The van der Waals surface area contributed by atoms with Crippen molar-refractivity contribution in [1.29, 1.82) is 0 Å². The first-order valence-corrected chi connectivity index (χ1v) is 8.64. The Bertz CT molecular complexity index is 996. The molecule has 0 spiro atoms. The second-order valence-electron chi connectivity index (χ2n) is 6.28. The highest BCUT2D eigenvalue weighted by atomic mass is 16.5. The summed E-state index contributed by atoms with van der Waals surface area (Å²) in [5.41, 5.74) is 7.10. The van der Waals surface area contributed by atoms with Gasteiger partial charge in [-0.25, -0.2) is 0 Å². The number of benzene rings is 2. The molecule has 1 atom stereocenters. The van der Waals surface area contributed by atoms with Gasteiger partial charge in [-0.15, -0.1) is 0 Å². The summed E-state index contributed by atoms with van der Waals surface area (Å²) in [6.45, 7) is 5.53. The van der Waals surface area contributed by atoms with Gasteiger partial charge in [0, 0.05) is 11.6 Å². The number of amides is 2. The number of nitrogens with one attached hydrogen (secondary N) is 2. The van der Waals surface area contributed by atoms with Crippen LogP contribution in [0, 0.1) is 13.8 Å². The molecule has 1 heterocycles. The maximum Gasteiger partial charge on any atom is 0.288 e. The van der Waals surface area contributed by atoms with Gasteiger partial charge in [0.1, 0.15) is 11.4 Å². The smallest absolute Gasteiger partial charge is 0.288 e. The zero-order valence-electron chi connectivity index (χ0n) is 15.4. The van der Waals surface area contributed by atoms with Crippen LogP contribution in [0.3, 0.4) is 0 Å². The highest BCUT2D eigenvalue weighted by molar-refractivity contribution is 6.05. The first-order valence-electron chi connectivity index (χ1n) is 8.64. The van der Waals surface area contributed by atoms with Gasteiger partial charge in [0.15, 0.2) is 6.10 Å². The topological polar surface area (TPSA) is 80.3 Å². The molecule has 6 heteroatoms. The van der Waals surface area contributed by atoms with Crippen molar-refractivity contribution in [2.45, 2.75) is 26.9 Å². The molecular weight excluding hydrogens is 342 g/mol. The predicted octanol–water partition coefficient (Wildman–Crippen LogP) is 3.08. The predicted molar refractivity (Wildman–Crippen MR) is 103 cm³/mol. The maximum absolute atomic E-state index is 12.4. The second kappa shape index (κ2) is 7.86. The molecule has 3 rings (SSSR count). The monoisotopic (exact) mass is 363 g/mol. The van der Waals surface area contributed by atoms with E-state index in [9.17, 15) is 9.59 Å². The van der Waals surface area contributed by atoms with Gasteiger partial charge in [0.2, 0.25) is 0 Å². The number of hydrazine groups is 1. The largest absolute Gasteiger partial charge is 0.481 e. The summed E-state index contributed by atoms with van der Waals surface area (Å²) in [6, 6.07) is 14.9. The Morgan fingerprint density at radius 3 is 2.59 bits per heavy atom. The molecular formula is C21H21N3O3. The van der Waals surface area contributed by atoms with E-state index in [4.69, 9.17) is 4.74 Å². The lowest BCUT2D eigenvalue weighted by atomic mass is 10.1. The van der Waals surface area contributed by atoms with Crippen molar-refractivity contribution < 1.29 is 14.3 Å². The molecule has 0 radical (unpaired) electrons. The molecule has 1 unspecified atom stereocenters. The first-order chi connectivity index (χ1) is 13.0. The fraction of sp³-hybridized carbons (Fsp3) is 0.190. The highest BCUT2D eigenvalue weighted by Crippen LogP contribution is 2.21. The van der Waals surface area contributed by atoms with Gasteiger partial charge < -0.3 is 4.74 Å². The summed E-state index contributed by atoms with van der Waals surface area (Å²) < 4.78 is 5.72. The van der Waals surface area contributed by atoms with Gasteiger partial charge in [-0.05, 0) is 49.4 Å². The number of aromatic nitrogens is 1. The second-order valence-corrected chi connectivity index (χ2v) is 6.28. The van der Waals surface area contributed by atoms with E-state index in [2.05, 4.69) is 15.8 Å². The van der Waals surface area contributed by atoms with Gasteiger partial charge in [-0.3, -0.25) is 25.4 Å². The first kappa shape index (κ1) is 18.4. The average molecular weight is 363 g/mol. The fourth-order valence-corrected chi connectivity index (χ4v) is 2.68. The molecule has 1 aromatic heterocycles. The zero-order chi connectivity index (χ0) is 19.4. The lowest BCUT2D eigenvalue weighted by Crippen LogP contribution is -2.47. The molecule has 0 aliphatic heterocycles.